The van der Waals surface area contributed by atoms with E-state index in [0.717, 1.165) is 0 Å². The highest BCUT2D eigenvalue weighted by molar-refractivity contribution is 7.89. The highest BCUT2D eigenvalue weighted by Gasteiger charge is 2.29. The van der Waals surface area contributed by atoms with Crippen molar-refractivity contribution in [2.75, 3.05) is 12.3 Å². The predicted octanol–water partition coefficient (Wildman–Crippen LogP) is 1.39. The van der Waals surface area contributed by atoms with Crippen LogP contribution in [-0.2, 0) is 10.0 Å². The molecule has 0 saturated heterocycles. The minimum absolute atomic E-state index is 0.211. The minimum atomic E-state index is -3.88. The first kappa shape index (κ1) is 15.5. The lowest BCUT2D eigenvalue weighted by atomic mass is 10.2. The van der Waals surface area contributed by atoms with Crippen LogP contribution in [0, 0.1) is 0 Å². The molecule has 0 saturated carbocycles. The van der Waals surface area contributed by atoms with Gasteiger partial charge in [-0.1, -0.05) is 6.92 Å². The first-order valence-electron chi connectivity index (χ1n) is 5.86. The standard InChI is InChI=1S/C12H18N2O4S/c1-4-14(8(2)3)19(17,18)11-7-9(13)5-6-10(11)12(15)16/h5-8H,4,13H2,1-3H3,(H,15,16). The molecule has 0 unspecified atom stereocenters. The lowest BCUT2D eigenvalue weighted by Gasteiger charge is -2.25. The molecule has 0 aliphatic heterocycles. The molecule has 106 valence electrons. The van der Waals surface area contributed by atoms with E-state index >= 15 is 0 Å². The lowest BCUT2D eigenvalue weighted by molar-refractivity contribution is 0.0692. The molecule has 0 radical (unpaired) electrons. The van der Waals surface area contributed by atoms with Crippen molar-refractivity contribution in [3.8, 4) is 0 Å². The number of benzene rings is 1. The Labute approximate surface area is 112 Å². The molecule has 0 aliphatic rings. The van der Waals surface area contributed by atoms with Gasteiger partial charge in [-0.3, -0.25) is 0 Å². The molecule has 0 atom stereocenters. The van der Waals surface area contributed by atoms with Crippen molar-refractivity contribution in [1.82, 2.24) is 4.31 Å². The first-order valence-corrected chi connectivity index (χ1v) is 7.30. The molecule has 0 spiro atoms. The summed E-state index contributed by atoms with van der Waals surface area (Å²) in [6, 6.07) is 3.49. The molecule has 0 fully saturated rings. The second kappa shape index (κ2) is 5.58. The van der Waals surface area contributed by atoms with Gasteiger partial charge in [-0.05, 0) is 32.0 Å². The van der Waals surface area contributed by atoms with Crippen molar-refractivity contribution in [3.63, 3.8) is 0 Å². The molecular formula is C12H18N2O4S. The molecular weight excluding hydrogens is 268 g/mol. The average molecular weight is 286 g/mol. The van der Waals surface area contributed by atoms with E-state index in [2.05, 4.69) is 0 Å². The fraction of sp³-hybridized carbons (Fsp3) is 0.417. The quantitative estimate of drug-likeness (QED) is 0.796. The number of hydrogen-bond acceptors (Lipinski definition) is 4. The third-order valence-corrected chi connectivity index (χ3v) is 4.90. The average Bonchev–Trinajstić information content (AvgIpc) is 2.28. The smallest absolute Gasteiger partial charge is 0.337 e. The van der Waals surface area contributed by atoms with Gasteiger partial charge in [0.05, 0.1) is 10.5 Å². The topological polar surface area (TPSA) is 101 Å². The van der Waals surface area contributed by atoms with Crippen LogP contribution in [0.1, 0.15) is 31.1 Å². The molecule has 6 nitrogen and oxygen atoms in total. The number of nitrogens with zero attached hydrogens (tertiary/aromatic N) is 1. The maximum absolute atomic E-state index is 12.5. The summed E-state index contributed by atoms with van der Waals surface area (Å²) in [5.74, 6) is -1.29. The Morgan fingerprint density at radius 2 is 2.00 bits per heavy atom. The van der Waals surface area contributed by atoms with Gasteiger partial charge in [0.1, 0.15) is 0 Å². The monoisotopic (exact) mass is 286 g/mol. The number of nitrogen functional groups attached to an aromatic ring is 1. The van der Waals surface area contributed by atoms with Gasteiger partial charge in [0.2, 0.25) is 10.0 Å². The summed E-state index contributed by atoms with van der Waals surface area (Å²) in [4.78, 5) is 10.9. The van der Waals surface area contributed by atoms with E-state index in [-0.39, 0.29) is 28.7 Å². The van der Waals surface area contributed by atoms with Crippen LogP contribution in [0.3, 0.4) is 0 Å². The highest BCUT2D eigenvalue weighted by Crippen LogP contribution is 2.24. The van der Waals surface area contributed by atoms with Crippen molar-refractivity contribution in [2.45, 2.75) is 31.7 Å². The fourth-order valence-electron chi connectivity index (χ4n) is 1.87. The maximum Gasteiger partial charge on any atom is 0.337 e. The summed E-state index contributed by atoms with van der Waals surface area (Å²) in [5, 5.41) is 9.09. The van der Waals surface area contributed by atoms with Gasteiger partial charge in [0.25, 0.3) is 0 Å². The number of anilines is 1. The van der Waals surface area contributed by atoms with Crippen LogP contribution in [0.5, 0.6) is 0 Å². The van der Waals surface area contributed by atoms with Crippen LogP contribution in [0.2, 0.25) is 0 Å². The molecule has 19 heavy (non-hydrogen) atoms. The number of carboxylic acid groups (broad SMARTS) is 1. The van der Waals surface area contributed by atoms with Crippen LogP contribution in [0.4, 0.5) is 5.69 Å². The van der Waals surface area contributed by atoms with Crippen molar-refractivity contribution < 1.29 is 18.3 Å². The van der Waals surface area contributed by atoms with Crippen LogP contribution < -0.4 is 5.73 Å². The second-order valence-electron chi connectivity index (χ2n) is 4.36. The third-order valence-electron chi connectivity index (χ3n) is 2.71. The fourth-order valence-corrected chi connectivity index (χ4v) is 3.73. The van der Waals surface area contributed by atoms with Crippen LogP contribution in [0.25, 0.3) is 0 Å². The Balaban J connectivity index is 3.51. The normalized spacial score (nSPS) is 12.1. The zero-order valence-corrected chi connectivity index (χ0v) is 11.9. The number of carbonyl (C=O) groups is 1. The molecule has 1 aromatic carbocycles. The maximum atomic E-state index is 12.5. The summed E-state index contributed by atoms with van der Waals surface area (Å²) in [6.45, 7) is 5.42. The zero-order chi connectivity index (χ0) is 14.8. The third kappa shape index (κ3) is 3.05. The number of aromatic carboxylic acids is 1. The SMILES string of the molecule is CCN(C(C)C)S(=O)(=O)c1cc(N)ccc1C(=O)O. The summed E-state index contributed by atoms with van der Waals surface area (Å²) < 4.78 is 26.2. The van der Waals surface area contributed by atoms with Crippen molar-refractivity contribution in [3.05, 3.63) is 23.8 Å². The van der Waals surface area contributed by atoms with Crippen molar-refractivity contribution >= 4 is 21.7 Å². The Bertz CT molecular complexity index is 581. The van der Waals surface area contributed by atoms with Gasteiger partial charge >= 0.3 is 5.97 Å². The van der Waals surface area contributed by atoms with Crippen LogP contribution in [-0.4, -0.2) is 36.4 Å². The Morgan fingerprint density at radius 1 is 1.42 bits per heavy atom. The summed E-state index contributed by atoms with van der Waals surface area (Å²) >= 11 is 0. The van der Waals surface area contributed by atoms with Gasteiger partial charge in [-0.2, -0.15) is 4.31 Å². The number of carboxylic acids is 1. The molecule has 7 heteroatoms. The molecule has 0 amide bonds. The number of rotatable bonds is 5. The van der Waals surface area contributed by atoms with Crippen molar-refractivity contribution in [1.29, 1.82) is 0 Å². The van der Waals surface area contributed by atoms with Gasteiger partial charge in [-0.25, -0.2) is 13.2 Å². The number of hydrogen-bond donors (Lipinski definition) is 2. The van der Waals surface area contributed by atoms with Crippen LogP contribution in [0.15, 0.2) is 23.1 Å². The molecule has 0 aliphatic carbocycles. The van der Waals surface area contributed by atoms with E-state index < -0.39 is 16.0 Å². The summed E-state index contributed by atoms with van der Waals surface area (Å²) in [7, 11) is -3.88. The Kier molecular flexibility index (Phi) is 4.54. The van der Waals surface area contributed by atoms with E-state index in [1.165, 1.54) is 22.5 Å². The molecule has 0 bridgehead atoms. The van der Waals surface area contributed by atoms with Gasteiger partial charge in [-0.15, -0.1) is 0 Å². The Morgan fingerprint density at radius 3 is 2.42 bits per heavy atom. The van der Waals surface area contributed by atoms with E-state index in [0.29, 0.717) is 0 Å². The second-order valence-corrected chi connectivity index (χ2v) is 6.22. The van der Waals surface area contributed by atoms with E-state index in [1.54, 1.807) is 20.8 Å². The Hall–Kier alpha value is -1.60. The van der Waals surface area contributed by atoms with E-state index in [9.17, 15) is 13.2 Å². The number of nitrogens with two attached hydrogens (primary N) is 1. The van der Waals surface area contributed by atoms with Gasteiger partial charge < -0.3 is 10.8 Å². The number of sulfonamides is 1. The highest BCUT2D eigenvalue weighted by atomic mass is 32.2. The molecule has 0 heterocycles. The minimum Gasteiger partial charge on any atom is -0.478 e. The van der Waals surface area contributed by atoms with E-state index in [1.807, 2.05) is 0 Å². The van der Waals surface area contributed by atoms with Gasteiger partial charge in [0.15, 0.2) is 0 Å². The zero-order valence-electron chi connectivity index (χ0n) is 11.1. The molecule has 3 N–H and O–H groups in total. The summed E-state index contributed by atoms with van der Waals surface area (Å²) in [6.07, 6.45) is 0. The molecule has 1 aromatic rings. The molecule has 1 rings (SSSR count). The van der Waals surface area contributed by atoms with Gasteiger partial charge in [0, 0.05) is 18.3 Å². The van der Waals surface area contributed by atoms with Crippen LogP contribution >= 0.6 is 0 Å². The first-order chi connectivity index (χ1) is 8.71. The van der Waals surface area contributed by atoms with Crippen molar-refractivity contribution in [2.24, 2.45) is 0 Å². The summed E-state index contributed by atoms with van der Waals surface area (Å²) in [5.41, 5.74) is 5.51. The predicted molar refractivity (Wildman–Crippen MR) is 72.5 cm³/mol. The largest absolute Gasteiger partial charge is 0.478 e. The lowest BCUT2D eigenvalue weighted by Crippen LogP contribution is -2.37. The van der Waals surface area contributed by atoms with E-state index in [4.69, 9.17) is 10.8 Å². The molecule has 0 aromatic heterocycles.